The second kappa shape index (κ2) is 20.0. The average Bonchev–Trinajstić information content (AvgIpc) is 3.55. The molecule has 13 heteroatoms. The van der Waals surface area contributed by atoms with Crippen LogP contribution in [-0.2, 0) is 38.5 Å². The Morgan fingerprint density at radius 1 is 0.904 bits per heavy atom. The summed E-state index contributed by atoms with van der Waals surface area (Å²) in [6, 6.07) is 4.52. The minimum Gasteiger partial charge on any atom is -0.399 e. The molecule has 0 aliphatic carbocycles. The molecule has 0 radical (unpaired) electrons. The number of sulfone groups is 1. The van der Waals surface area contributed by atoms with Gasteiger partial charge < -0.3 is 25.0 Å². The number of hydrogen-bond acceptors (Lipinski definition) is 10. The van der Waals surface area contributed by atoms with Gasteiger partial charge in [0.1, 0.15) is 5.75 Å². The minimum absolute atomic E-state index is 0.00870. The molecule has 0 saturated carbocycles. The van der Waals surface area contributed by atoms with Gasteiger partial charge >= 0.3 is 0 Å². The highest BCUT2D eigenvalue weighted by Crippen LogP contribution is 2.31. The predicted octanol–water partition coefficient (Wildman–Crippen LogP) is 4.35. The summed E-state index contributed by atoms with van der Waals surface area (Å²) in [5, 5.41) is 0. The fourth-order valence-electron chi connectivity index (χ4n) is 7.88. The molecular formula is C39H66N4O8S. The quantitative estimate of drug-likeness (QED) is 0.179. The number of nitrogen functional groups attached to an aromatic ring is 1. The first-order valence-electron chi connectivity index (χ1n) is 18.7. The summed E-state index contributed by atoms with van der Waals surface area (Å²) in [7, 11) is 4.61. The highest BCUT2D eigenvalue weighted by atomic mass is 32.2. The van der Waals surface area contributed by atoms with Crippen LogP contribution >= 0.6 is 0 Å². The van der Waals surface area contributed by atoms with Crippen molar-refractivity contribution in [3.63, 3.8) is 0 Å². The molecule has 1 aromatic rings. The van der Waals surface area contributed by atoms with E-state index in [0.29, 0.717) is 25.1 Å². The van der Waals surface area contributed by atoms with E-state index < -0.39 is 57.5 Å². The van der Waals surface area contributed by atoms with Gasteiger partial charge in [-0.15, -0.1) is 0 Å². The van der Waals surface area contributed by atoms with Crippen molar-refractivity contribution in [1.29, 1.82) is 0 Å². The number of carbonyl (C=O) groups excluding carboxylic acids is 4. The van der Waals surface area contributed by atoms with E-state index in [0.717, 1.165) is 6.42 Å². The first-order chi connectivity index (χ1) is 24.2. The van der Waals surface area contributed by atoms with Crippen molar-refractivity contribution in [3.8, 4) is 0 Å². The molecule has 12 nitrogen and oxygen atoms in total. The number of likely N-dealkylation sites (N-methyl/N-ethyl adjacent to an activating group) is 2. The first kappa shape index (κ1) is 45.3. The topological polar surface area (TPSA) is 157 Å². The monoisotopic (exact) mass is 750 g/mol. The zero-order valence-corrected chi connectivity index (χ0v) is 34.4. The number of hydrogen-bond donors (Lipinski definition) is 1. The Labute approximate surface area is 313 Å². The molecule has 8 atom stereocenters. The molecule has 52 heavy (non-hydrogen) atoms. The number of Topliss-reactive ketones (excluding diaryl/α,β-unsaturated/α-hetero) is 2. The van der Waals surface area contributed by atoms with Crippen molar-refractivity contribution in [3.05, 3.63) is 24.3 Å². The van der Waals surface area contributed by atoms with Crippen LogP contribution in [0.15, 0.2) is 29.2 Å². The van der Waals surface area contributed by atoms with E-state index in [4.69, 9.17) is 15.2 Å². The molecule has 0 aromatic heterocycles. The highest BCUT2D eigenvalue weighted by molar-refractivity contribution is 7.92. The second-order valence-electron chi connectivity index (χ2n) is 15.6. The zero-order chi connectivity index (χ0) is 39.7. The van der Waals surface area contributed by atoms with Gasteiger partial charge in [0.25, 0.3) is 0 Å². The normalized spacial score (nSPS) is 19.3. The van der Waals surface area contributed by atoms with Crippen molar-refractivity contribution in [2.75, 3.05) is 53.4 Å². The number of benzene rings is 1. The van der Waals surface area contributed by atoms with E-state index in [1.54, 1.807) is 30.9 Å². The molecular weight excluding hydrogens is 685 g/mol. The van der Waals surface area contributed by atoms with Gasteiger partial charge in [0.15, 0.2) is 21.4 Å². The fraction of sp³-hybridized carbons (Fsp3) is 0.744. The summed E-state index contributed by atoms with van der Waals surface area (Å²) in [5.74, 6) is -2.87. The van der Waals surface area contributed by atoms with Gasteiger partial charge in [0.2, 0.25) is 11.8 Å². The van der Waals surface area contributed by atoms with E-state index in [1.165, 1.54) is 31.4 Å². The van der Waals surface area contributed by atoms with Crippen molar-refractivity contribution < 1.29 is 37.1 Å². The maximum Gasteiger partial charge on any atom is 0.226 e. The van der Waals surface area contributed by atoms with E-state index in [-0.39, 0.29) is 59.1 Å². The molecule has 1 heterocycles. The summed E-state index contributed by atoms with van der Waals surface area (Å²) in [5.41, 5.74) is 6.12. The summed E-state index contributed by atoms with van der Waals surface area (Å²) in [6.45, 7) is 14.1. The number of nitrogens with zero attached hydrogens (tertiary/aromatic N) is 3. The van der Waals surface area contributed by atoms with Gasteiger partial charge in [0, 0.05) is 51.8 Å². The van der Waals surface area contributed by atoms with Crippen LogP contribution in [0.2, 0.25) is 0 Å². The maximum atomic E-state index is 14.2. The highest BCUT2D eigenvalue weighted by Gasteiger charge is 2.43. The lowest BCUT2D eigenvalue weighted by Crippen LogP contribution is -2.54. The number of rotatable bonds is 21. The van der Waals surface area contributed by atoms with Crippen LogP contribution in [-0.4, -0.2) is 124 Å². The Kier molecular flexibility index (Phi) is 17.4. The van der Waals surface area contributed by atoms with Gasteiger partial charge in [-0.3, -0.25) is 24.1 Å². The molecule has 0 bridgehead atoms. The first-order valence-corrected chi connectivity index (χ1v) is 20.3. The largest absolute Gasteiger partial charge is 0.399 e. The molecule has 1 saturated heterocycles. The van der Waals surface area contributed by atoms with Crippen molar-refractivity contribution in [2.24, 2.45) is 29.6 Å². The molecule has 2 amide bonds. The average molecular weight is 751 g/mol. The molecule has 2 rings (SSSR count). The van der Waals surface area contributed by atoms with Crippen LogP contribution in [0.4, 0.5) is 5.69 Å². The number of ketones is 2. The number of anilines is 1. The van der Waals surface area contributed by atoms with E-state index in [1.807, 2.05) is 60.5 Å². The van der Waals surface area contributed by atoms with Gasteiger partial charge in [-0.05, 0) is 69.0 Å². The zero-order valence-electron chi connectivity index (χ0n) is 33.6. The molecule has 1 fully saturated rings. The molecule has 2 N–H and O–H groups in total. The summed E-state index contributed by atoms with van der Waals surface area (Å²) in [4.78, 5) is 60.6. The van der Waals surface area contributed by atoms with Crippen LogP contribution in [0.3, 0.4) is 0 Å². The summed E-state index contributed by atoms with van der Waals surface area (Å²) in [6.07, 6.45) is 0.762. The van der Waals surface area contributed by atoms with Gasteiger partial charge in [-0.25, -0.2) is 8.42 Å². The van der Waals surface area contributed by atoms with Crippen molar-refractivity contribution in [2.45, 2.75) is 116 Å². The number of methoxy groups -OCH3 is 2. The number of nitrogens with two attached hydrogens (primary N) is 1. The number of ether oxygens (including phenoxy) is 2. The van der Waals surface area contributed by atoms with Crippen LogP contribution in [0.25, 0.3) is 0 Å². The Hall–Kier alpha value is -2.87. The lowest BCUT2D eigenvalue weighted by Gasteiger charge is -2.41. The second-order valence-corrected chi connectivity index (χ2v) is 17.5. The number of carbonyl (C=O) groups is 4. The van der Waals surface area contributed by atoms with Gasteiger partial charge in [-0.1, -0.05) is 54.9 Å². The van der Waals surface area contributed by atoms with Crippen LogP contribution in [0, 0.1) is 29.6 Å². The molecule has 0 unspecified atom stereocenters. The third kappa shape index (κ3) is 11.3. The summed E-state index contributed by atoms with van der Waals surface area (Å²) >= 11 is 0. The third-order valence-electron chi connectivity index (χ3n) is 11.0. The van der Waals surface area contributed by atoms with E-state index >= 15 is 0 Å². The van der Waals surface area contributed by atoms with Crippen LogP contribution in [0.5, 0.6) is 0 Å². The Morgan fingerprint density at radius 3 is 1.98 bits per heavy atom. The molecule has 1 aromatic carbocycles. The lowest BCUT2D eigenvalue weighted by molar-refractivity contribution is -0.149. The third-order valence-corrected chi connectivity index (χ3v) is 12.6. The Bertz CT molecular complexity index is 1440. The lowest BCUT2D eigenvalue weighted by atomic mass is 9.83. The van der Waals surface area contributed by atoms with E-state index in [2.05, 4.69) is 0 Å². The van der Waals surface area contributed by atoms with Crippen molar-refractivity contribution >= 4 is 38.9 Å². The number of amides is 2. The standard InChI is InChI=1S/C39H66N4O8S/c1-13-26(6)37(42(10)39(47)30(24(2)3)21-32(44)36(25(4)5)41(8)9)34(50-11)22-35(46)43-20-14-15-31(43)38(51-12)27(7)33(45)23-52(48,49)29-18-16-28(40)17-19-29/h16-19,24-27,30-31,34,36-38H,13-15,20-23,40H2,1-12H3/t26-,27-,30-,31-,34+,36-,37-,38+/m0/s1. The molecule has 1 aliphatic rings. The summed E-state index contributed by atoms with van der Waals surface area (Å²) < 4.78 is 37.9. The SMILES string of the molecule is CC[C@H](C)[C@@H]([C@@H](CC(=O)N1CCC[C@H]1[C@H](OC)[C@@H](C)C(=O)CS(=O)(=O)c1ccc(N)cc1)OC)N(C)C(=O)[C@@H](CC(=O)[C@H](C(C)C)N(C)C)C(C)C. The Balaban J connectivity index is 2.29. The van der Waals surface area contributed by atoms with Gasteiger partial charge in [-0.2, -0.15) is 0 Å². The van der Waals surface area contributed by atoms with Crippen LogP contribution < -0.4 is 5.73 Å². The maximum absolute atomic E-state index is 14.2. The molecule has 0 spiro atoms. The van der Waals surface area contributed by atoms with Crippen LogP contribution in [0.1, 0.15) is 80.6 Å². The van der Waals surface area contributed by atoms with E-state index in [9.17, 15) is 27.6 Å². The van der Waals surface area contributed by atoms with Gasteiger partial charge in [0.05, 0.1) is 41.6 Å². The Morgan fingerprint density at radius 2 is 1.50 bits per heavy atom. The molecule has 1 aliphatic heterocycles. The smallest absolute Gasteiger partial charge is 0.226 e. The minimum atomic E-state index is -3.91. The molecule has 296 valence electrons. The van der Waals surface area contributed by atoms with Crippen molar-refractivity contribution in [1.82, 2.24) is 14.7 Å². The fourth-order valence-corrected chi connectivity index (χ4v) is 9.24. The number of likely N-dealkylation sites (tertiary alicyclic amines) is 1. The predicted molar refractivity (Wildman–Crippen MR) is 204 cm³/mol.